The highest BCUT2D eigenvalue weighted by atomic mass is 16.3. The molecule has 1 fully saturated rings. The number of anilines is 1. The van der Waals surface area contributed by atoms with Crippen LogP contribution in [-0.2, 0) is 6.61 Å². The summed E-state index contributed by atoms with van der Waals surface area (Å²) in [7, 11) is 4.27. The van der Waals surface area contributed by atoms with Gasteiger partial charge >= 0.3 is 0 Å². The van der Waals surface area contributed by atoms with E-state index in [1.807, 2.05) is 24.3 Å². The van der Waals surface area contributed by atoms with Crippen molar-refractivity contribution >= 4 is 16.7 Å². The van der Waals surface area contributed by atoms with Crippen LogP contribution in [0.2, 0.25) is 0 Å². The minimum atomic E-state index is 0.0380. The second-order valence-electron chi connectivity index (χ2n) is 6.03. The van der Waals surface area contributed by atoms with Crippen LogP contribution in [0.5, 0.6) is 0 Å². The molecule has 1 N–H and O–H groups in total. The highest BCUT2D eigenvalue weighted by Gasteiger charge is 2.24. The number of aliphatic hydroxyl groups excluding tert-OH is 1. The lowest BCUT2D eigenvalue weighted by Crippen LogP contribution is -2.45. The number of aromatic nitrogens is 1. The number of likely N-dealkylation sites (N-methyl/N-ethyl adjacent to an activating group) is 1. The summed E-state index contributed by atoms with van der Waals surface area (Å²) in [5.41, 5.74) is 1.92. The highest BCUT2D eigenvalue weighted by molar-refractivity contribution is 5.81. The summed E-state index contributed by atoms with van der Waals surface area (Å²) in [6.07, 6.45) is 2.40. The number of hydrogen-bond donors (Lipinski definition) is 1. The molecule has 3 rings (SSSR count). The number of benzene rings is 1. The number of para-hydroxylation sites is 1. The van der Waals surface area contributed by atoms with Crippen LogP contribution in [0, 0.1) is 0 Å². The Morgan fingerprint density at radius 1 is 1.33 bits per heavy atom. The Bertz CT molecular complexity index is 626. The summed E-state index contributed by atoms with van der Waals surface area (Å²) in [6.45, 7) is 2.03. The molecule has 2 aromatic rings. The van der Waals surface area contributed by atoms with Crippen LogP contribution >= 0.6 is 0 Å². The van der Waals surface area contributed by atoms with Crippen molar-refractivity contribution in [3.63, 3.8) is 0 Å². The summed E-state index contributed by atoms with van der Waals surface area (Å²) in [4.78, 5) is 9.42. The van der Waals surface area contributed by atoms with E-state index in [1.165, 1.54) is 12.8 Å². The maximum absolute atomic E-state index is 9.71. The molecule has 4 heteroatoms. The van der Waals surface area contributed by atoms with Gasteiger partial charge in [0.05, 0.1) is 12.1 Å². The van der Waals surface area contributed by atoms with E-state index in [0.717, 1.165) is 35.4 Å². The van der Waals surface area contributed by atoms with Gasteiger partial charge in [0.1, 0.15) is 5.82 Å². The first-order chi connectivity index (χ1) is 10.2. The molecule has 112 valence electrons. The molecule has 0 amide bonds. The third-order valence-electron chi connectivity index (χ3n) is 4.38. The molecule has 1 aliphatic rings. The van der Waals surface area contributed by atoms with Gasteiger partial charge in [0, 0.05) is 30.1 Å². The molecule has 0 spiro atoms. The fourth-order valence-electron chi connectivity index (χ4n) is 3.11. The Balaban J connectivity index is 1.98. The Labute approximate surface area is 126 Å². The second kappa shape index (κ2) is 6.00. The standard InChI is InChI=1S/C17H23N3O/c1-19(2)15-7-5-9-20(11-15)17-14(12-21)10-13-6-3-4-8-16(13)18-17/h3-4,6,8,10,15,21H,5,7,9,11-12H2,1-2H3. The number of rotatable bonds is 3. The van der Waals surface area contributed by atoms with E-state index in [2.05, 4.69) is 30.0 Å². The lowest BCUT2D eigenvalue weighted by atomic mass is 10.0. The Morgan fingerprint density at radius 2 is 2.14 bits per heavy atom. The molecule has 0 aliphatic carbocycles. The van der Waals surface area contributed by atoms with Crippen molar-refractivity contribution < 1.29 is 5.11 Å². The largest absolute Gasteiger partial charge is 0.392 e. The quantitative estimate of drug-likeness (QED) is 0.939. The van der Waals surface area contributed by atoms with Crippen molar-refractivity contribution in [2.75, 3.05) is 32.1 Å². The molecule has 1 unspecified atom stereocenters. The van der Waals surface area contributed by atoms with Gasteiger partial charge in [-0.25, -0.2) is 4.98 Å². The van der Waals surface area contributed by atoms with E-state index in [-0.39, 0.29) is 6.61 Å². The Kier molecular flexibility index (Phi) is 4.08. The van der Waals surface area contributed by atoms with Crippen molar-refractivity contribution in [2.24, 2.45) is 0 Å². The Hall–Kier alpha value is -1.65. The topological polar surface area (TPSA) is 39.6 Å². The molecule has 1 aromatic heterocycles. The smallest absolute Gasteiger partial charge is 0.134 e. The molecule has 1 saturated heterocycles. The van der Waals surface area contributed by atoms with Crippen LogP contribution in [-0.4, -0.2) is 48.2 Å². The first-order valence-electron chi connectivity index (χ1n) is 7.60. The lowest BCUT2D eigenvalue weighted by molar-refractivity contribution is 0.255. The van der Waals surface area contributed by atoms with Gasteiger partial charge in [-0.05, 0) is 39.1 Å². The maximum Gasteiger partial charge on any atom is 0.134 e. The predicted molar refractivity (Wildman–Crippen MR) is 86.6 cm³/mol. The number of aliphatic hydroxyl groups is 1. The van der Waals surface area contributed by atoms with Crippen molar-refractivity contribution in [1.29, 1.82) is 0 Å². The zero-order valence-corrected chi connectivity index (χ0v) is 12.8. The molecular formula is C17H23N3O. The predicted octanol–water partition coefficient (Wildman–Crippen LogP) is 2.26. The molecule has 0 saturated carbocycles. The van der Waals surface area contributed by atoms with E-state index in [1.54, 1.807) is 0 Å². The monoisotopic (exact) mass is 285 g/mol. The molecule has 0 radical (unpaired) electrons. The van der Waals surface area contributed by atoms with Gasteiger partial charge in [0.15, 0.2) is 0 Å². The van der Waals surface area contributed by atoms with Gasteiger partial charge in [-0.1, -0.05) is 18.2 Å². The maximum atomic E-state index is 9.71. The van der Waals surface area contributed by atoms with Crippen LogP contribution in [0.4, 0.5) is 5.82 Å². The molecule has 2 heterocycles. The van der Waals surface area contributed by atoms with Gasteiger partial charge < -0.3 is 14.9 Å². The summed E-state index contributed by atoms with van der Waals surface area (Å²) in [6, 6.07) is 10.7. The second-order valence-corrected chi connectivity index (χ2v) is 6.03. The molecule has 0 bridgehead atoms. The highest BCUT2D eigenvalue weighted by Crippen LogP contribution is 2.27. The van der Waals surface area contributed by atoms with Crippen LogP contribution < -0.4 is 4.90 Å². The Morgan fingerprint density at radius 3 is 2.90 bits per heavy atom. The summed E-state index contributed by atoms with van der Waals surface area (Å²) in [5.74, 6) is 0.947. The van der Waals surface area contributed by atoms with E-state index in [4.69, 9.17) is 4.98 Å². The van der Waals surface area contributed by atoms with Gasteiger partial charge in [-0.2, -0.15) is 0 Å². The van der Waals surface area contributed by atoms with Crippen LogP contribution in [0.25, 0.3) is 10.9 Å². The molecule has 1 aromatic carbocycles. The van der Waals surface area contributed by atoms with E-state index in [0.29, 0.717) is 6.04 Å². The van der Waals surface area contributed by atoms with E-state index in [9.17, 15) is 5.11 Å². The van der Waals surface area contributed by atoms with Crippen molar-refractivity contribution in [3.8, 4) is 0 Å². The zero-order chi connectivity index (χ0) is 14.8. The average molecular weight is 285 g/mol. The van der Waals surface area contributed by atoms with E-state index < -0.39 is 0 Å². The van der Waals surface area contributed by atoms with Gasteiger partial charge in [0.2, 0.25) is 0 Å². The fraction of sp³-hybridized carbons (Fsp3) is 0.471. The molecule has 1 aliphatic heterocycles. The molecule has 21 heavy (non-hydrogen) atoms. The van der Waals surface area contributed by atoms with Gasteiger partial charge in [-0.3, -0.25) is 0 Å². The third-order valence-corrected chi connectivity index (χ3v) is 4.38. The van der Waals surface area contributed by atoms with Crippen molar-refractivity contribution in [3.05, 3.63) is 35.9 Å². The fourth-order valence-corrected chi connectivity index (χ4v) is 3.11. The van der Waals surface area contributed by atoms with Crippen molar-refractivity contribution in [2.45, 2.75) is 25.5 Å². The third kappa shape index (κ3) is 2.87. The van der Waals surface area contributed by atoms with Crippen LogP contribution in [0.15, 0.2) is 30.3 Å². The summed E-state index contributed by atoms with van der Waals surface area (Å²) < 4.78 is 0. The van der Waals surface area contributed by atoms with Crippen LogP contribution in [0.3, 0.4) is 0 Å². The van der Waals surface area contributed by atoms with E-state index >= 15 is 0 Å². The van der Waals surface area contributed by atoms with Crippen LogP contribution in [0.1, 0.15) is 18.4 Å². The van der Waals surface area contributed by atoms with Gasteiger partial charge in [-0.15, -0.1) is 0 Å². The first kappa shape index (κ1) is 14.3. The minimum Gasteiger partial charge on any atom is -0.392 e. The number of pyridine rings is 1. The SMILES string of the molecule is CN(C)C1CCCN(c2nc3ccccc3cc2CO)C1. The number of piperidine rings is 1. The van der Waals surface area contributed by atoms with Crippen molar-refractivity contribution in [1.82, 2.24) is 9.88 Å². The normalized spacial score (nSPS) is 19.4. The number of fused-ring (bicyclic) bond motifs is 1. The number of nitrogens with zero attached hydrogens (tertiary/aromatic N) is 3. The lowest BCUT2D eigenvalue weighted by Gasteiger charge is -2.37. The summed E-state index contributed by atoms with van der Waals surface area (Å²) >= 11 is 0. The first-order valence-corrected chi connectivity index (χ1v) is 7.60. The number of hydrogen-bond acceptors (Lipinski definition) is 4. The zero-order valence-electron chi connectivity index (χ0n) is 12.8. The minimum absolute atomic E-state index is 0.0380. The van der Waals surface area contributed by atoms with Gasteiger partial charge in [0.25, 0.3) is 0 Å². The molecular weight excluding hydrogens is 262 g/mol. The molecule has 1 atom stereocenters. The average Bonchev–Trinajstić information content (AvgIpc) is 2.53. The summed E-state index contributed by atoms with van der Waals surface area (Å²) in [5, 5.41) is 10.8. The molecule has 4 nitrogen and oxygen atoms in total.